The van der Waals surface area contributed by atoms with Gasteiger partial charge in [-0.3, -0.25) is 9.59 Å². The lowest BCUT2D eigenvalue weighted by Gasteiger charge is -2.12. The van der Waals surface area contributed by atoms with Gasteiger partial charge in [0.1, 0.15) is 5.75 Å². The van der Waals surface area contributed by atoms with Crippen molar-refractivity contribution in [2.45, 2.75) is 17.1 Å². The highest BCUT2D eigenvalue weighted by Gasteiger charge is 2.17. The van der Waals surface area contributed by atoms with Gasteiger partial charge in [0, 0.05) is 10.6 Å². The minimum Gasteiger partial charge on any atom is -0.484 e. The van der Waals surface area contributed by atoms with Crippen LogP contribution in [0, 0.1) is 0 Å². The second-order valence-electron chi connectivity index (χ2n) is 6.91. The van der Waals surface area contributed by atoms with E-state index in [1.165, 1.54) is 23.1 Å². The molecule has 1 unspecified atom stereocenters. The zero-order chi connectivity index (χ0) is 22.3. The Bertz CT molecular complexity index is 1190. The third kappa shape index (κ3) is 5.87. The van der Waals surface area contributed by atoms with Crippen molar-refractivity contribution in [2.24, 2.45) is 0 Å². The van der Waals surface area contributed by atoms with Crippen molar-refractivity contribution in [3.05, 3.63) is 78.9 Å². The van der Waals surface area contributed by atoms with Gasteiger partial charge in [-0.25, -0.2) is 4.98 Å². The highest BCUT2D eigenvalue weighted by Crippen LogP contribution is 2.29. The van der Waals surface area contributed by atoms with E-state index in [-0.39, 0.29) is 23.7 Å². The molecule has 8 heteroatoms. The third-order valence-corrected chi connectivity index (χ3v) is 6.48. The second-order valence-corrected chi connectivity index (χ2v) is 9.36. The minimum atomic E-state index is -0.339. The van der Waals surface area contributed by atoms with E-state index in [1.807, 2.05) is 67.6 Å². The molecule has 0 aliphatic heterocycles. The van der Waals surface area contributed by atoms with Gasteiger partial charge in [0.2, 0.25) is 5.91 Å². The summed E-state index contributed by atoms with van der Waals surface area (Å²) in [6, 6.07) is 24.3. The molecule has 1 heterocycles. The molecular formula is C24H21N3O3S2. The molecule has 32 heavy (non-hydrogen) atoms. The fourth-order valence-corrected chi connectivity index (χ4v) is 4.70. The fraction of sp³-hybridized carbons (Fsp3) is 0.125. The Morgan fingerprint density at radius 1 is 1.00 bits per heavy atom. The van der Waals surface area contributed by atoms with Crippen molar-refractivity contribution in [1.82, 2.24) is 4.98 Å². The molecule has 0 fully saturated rings. The zero-order valence-corrected chi connectivity index (χ0v) is 18.9. The van der Waals surface area contributed by atoms with E-state index in [9.17, 15) is 9.59 Å². The smallest absolute Gasteiger partial charge is 0.262 e. The number of thioether (sulfide) groups is 1. The van der Waals surface area contributed by atoms with Crippen molar-refractivity contribution < 1.29 is 14.3 Å². The number of nitrogens with one attached hydrogen (secondary N) is 2. The van der Waals surface area contributed by atoms with Crippen LogP contribution in [0.1, 0.15) is 6.92 Å². The maximum atomic E-state index is 12.6. The molecular weight excluding hydrogens is 442 g/mol. The highest BCUT2D eigenvalue weighted by atomic mass is 32.2. The number of benzene rings is 3. The number of carbonyl (C=O) groups is 2. The first-order chi connectivity index (χ1) is 15.6. The number of thiazole rings is 1. The number of nitrogens with zero attached hydrogens (tertiary/aromatic N) is 1. The summed E-state index contributed by atoms with van der Waals surface area (Å²) in [4.78, 5) is 30.1. The molecule has 0 aliphatic carbocycles. The van der Waals surface area contributed by atoms with Gasteiger partial charge in [0.25, 0.3) is 5.91 Å². The first-order valence-corrected chi connectivity index (χ1v) is 11.7. The topological polar surface area (TPSA) is 80.3 Å². The van der Waals surface area contributed by atoms with Crippen LogP contribution in [0.15, 0.2) is 83.8 Å². The Morgan fingerprint density at radius 2 is 1.78 bits per heavy atom. The summed E-state index contributed by atoms with van der Waals surface area (Å²) in [5.74, 6) is 0.261. The summed E-state index contributed by atoms with van der Waals surface area (Å²) >= 11 is 2.86. The third-order valence-electron chi connectivity index (χ3n) is 4.44. The van der Waals surface area contributed by atoms with Crippen molar-refractivity contribution in [3.8, 4) is 5.75 Å². The van der Waals surface area contributed by atoms with Crippen molar-refractivity contribution in [2.75, 3.05) is 17.2 Å². The van der Waals surface area contributed by atoms with E-state index >= 15 is 0 Å². The average Bonchev–Trinajstić information content (AvgIpc) is 3.21. The van der Waals surface area contributed by atoms with E-state index in [4.69, 9.17) is 4.74 Å². The number of ether oxygens (including phenoxy) is 1. The van der Waals surface area contributed by atoms with E-state index < -0.39 is 0 Å². The number of para-hydroxylation sites is 2. The predicted molar refractivity (Wildman–Crippen MR) is 131 cm³/mol. The van der Waals surface area contributed by atoms with Gasteiger partial charge in [0.05, 0.1) is 15.5 Å². The van der Waals surface area contributed by atoms with Crippen molar-refractivity contribution >= 4 is 55.9 Å². The van der Waals surface area contributed by atoms with E-state index in [2.05, 4.69) is 15.6 Å². The monoisotopic (exact) mass is 463 g/mol. The van der Waals surface area contributed by atoms with Gasteiger partial charge < -0.3 is 15.4 Å². The fourth-order valence-electron chi connectivity index (χ4n) is 2.90. The Balaban J connectivity index is 1.31. The number of hydrogen-bond acceptors (Lipinski definition) is 6. The number of anilines is 2. The molecule has 1 atom stereocenters. The Labute approximate surface area is 194 Å². The molecule has 2 N–H and O–H groups in total. The lowest BCUT2D eigenvalue weighted by Crippen LogP contribution is -2.22. The van der Waals surface area contributed by atoms with Crippen LogP contribution in [-0.4, -0.2) is 28.7 Å². The summed E-state index contributed by atoms with van der Waals surface area (Å²) in [5, 5.41) is 5.96. The van der Waals surface area contributed by atoms with Crippen LogP contribution in [0.5, 0.6) is 5.75 Å². The molecule has 162 valence electrons. The molecule has 0 saturated carbocycles. The molecule has 2 amide bonds. The standard InChI is InChI=1S/C24H21N3O3S2/c1-16(23(29)27-24-26-20-12-5-6-13-21(20)32-24)31-19-11-7-8-17(14-19)25-22(28)15-30-18-9-3-2-4-10-18/h2-14,16H,15H2,1H3,(H,25,28)(H,26,27,29). The number of amides is 2. The van der Waals surface area contributed by atoms with Crippen LogP contribution >= 0.6 is 23.1 Å². The molecule has 1 aromatic heterocycles. The maximum Gasteiger partial charge on any atom is 0.262 e. The summed E-state index contributed by atoms with van der Waals surface area (Å²) < 4.78 is 6.50. The van der Waals surface area contributed by atoms with Gasteiger partial charge in [0.15, 0.2) is 11.7 Å². The Morgan fingerprint density at radius 3 is 2.59 bits per heavy atom. The van der Waals surface area contributed by atoms with Crippen LogP contribution in [0.25, 0.3) is 10.2 Å². The van der Waals surface area contributed by atoms with Gasteiger partial charge in [-0.1, -0.05) is 47.7 Å². The Kier molecular flexibility index (Phi) is 7.03. The Hall–Kier alpha value is -3.36. The summed E-state index contributed by atoms with van der Waals surface area (Å²) in [5.41, 5.74) is 1.52. The maximum absolute atomic E-state index is 12.6. The van der Waals surface area contributed by atoms with E-state index in [0.29, 0.717) is 16.6 Å². The number of carbonyl (C=O) groups excluding carboxylic acids is 2. The molecule has 4 aromatic rings. The van der Waals surface area contributed by atoms with Gasteiger partial charge in [-0.15, -0.1) is 11.8 Å². The van der Waals surface area contributed by atoms with Gasteiger partial charge in [-0.2, -0.15) is 0 Å². The molecule has 0 aliphatic rings. The molecule has 3 aromatic carbocycles. The number of rotatable bonds is 8. The lowest BCUT2D eigenvalue weighted by atomic mass is 10.3. The predicted octanol–water partition coefficient (Wildman–Crippen LogP) is 5.43. The molecule has 4 rings (SSSR count). The van der Waals surface area contributed by atoms with Crippen LogP contribution < -0.4 is 15.4 Å². The highest BCUT2D eigenvalue weighted by molar-refractivity contribution is 8.00. The first kappa shape index (κ1) is 21.9. The molecule has 0 saturated heterocycles. The first-order valence-electron chi connectivity index (χ1n) is 9.98. The quantitative estimate of drug-likeness (QED) is 0.341. The average molecular weight is 464 g/mol. The van der Waals surface area contributed by atoms with E-state index in [0.717, 1.165) is 15.1 Å². The second kappa shape index (κ2) is 10.3. The summed E-state index contributed by atoms with van der Waals surface area (Å²) in [6.45, 7) is 1.76. The number of aromatic nitrogens is 1. The van der Waals surface area contributed by atoms with Gasteiger partial charge >= 0.3 is 0 Å². The van der Waals surface area contributed by atoms with Crippen LogP contribution in [0.3, 0.4) is 0 Å². The minimum absolute atomic E-state index is 0.0810. The normalized spacial score (nSPS) is 11.7. The molecule has 0 spiro atoms. The zero-order valence-electron chi connectivity index (χ0n) is 17.3. The SMILES string of the molecule is CC(Sc1cccc(NC(=O)COc2ccccc2)c1)C(=O)Nc1nc2ccccc2s1. The summed E-state index contributed by atoms with van der Waals surface area (Å²) in [6.07, 6.45) is 0. The van der Waals surface area contributed by atoms with Crippen LogP contribution in [-0.2, 0) is 9.59 Å². The number of hydrogen-bond donors (Lipinski definition) is 2. The molecule has 0 radical (unpaired) electrons. The largest absolute Gasteiger partial charge is 0.484 e. The molecule has 0 bridgehead atoms. The molecule has 6 nitrogen and oxygen atoms in total. The van der Waals surface area contributed by atoms with E-state index in [1.54, 1.807) is 18.2 Å². The van der Waals surface area contributed by atoms with Crippen LogP contribution in [0.4, 0.5) is 10.8 Å². The number of fused-ring (bicyclic) bond motifs is 1. The van der Waals surface area contributed by atoms with Crippen LogP contribution in [0.2, 0.25) is 0 Å². The van der Waals surface area contributed by atoms with Gasteiger partial charge in [-0.05, 0) is 49.4 Å². The van der Waals surface area contributed by atoms with Crippen molar-refractivity contribution in [1.29, 1.82) is 0 Å². The summed E-state index contributed by atoms with van der Waals surface area (Å²) in [7, 11) is 0. The van der Waals surface area contributed by atoms with Crippen molar-refractivity contribution in [3.63, 3.8) is 0 Å². The lowest BCUT2D eigenvalue weighted by molar-refractivity contribution is -0.118.